The van der Waals surface area contributed by atoms with Crippen LogP contribution in [0.2, 0.25) is 0 Å². The zero-order valence-electron chi connectivity index (χ0n) is 11.6. The van der Waals surface area contributed by atoms with Crippen molar-refractivity contribution >= 4 is 11.8 Å². The molecular formula is C14H23N3S. The predicted octanol–water partition coefficient (Wildman–Crippen LogP) is 3.41. The van der Waals surface area contributed by atoms with Gasteiger partial charge in [-0.05, 0) is 39.0 Å². The summed E-state index contributed by atoms with van der Waals surface area (Å²) in [5.41, 5.74) is 2.35. The highest BCUT2D eigenvalue weighted by molar-refractivity contribution is 7.99. The average Bonchev–Trinajstić information content (AvgIpc) is 2.40. The maximum atomic E-state index is 4.73. The van der Waals surface area contributed by atoms with Crippen LogP contribution in [-0.4, -0.2) is 22.3 Å². The zero-order valence-corrected chi connectivity index (χ0v) is 12.4. The van der Waals surface area contributed by atoms with Crippen LogP contribution in [0, 0.1) is 6.92 Å². The summed E-state index contributed by atoms with van der Waals surface area (Å²) in [5.74, 6) is 2.28. The topological polar surface area (TPSA) is 37.8 Å². The van der Waals surface area contributed by atoms with Crippen molar-refractivity contribution in [2.75, 3.05) is 12.3 Å². The van der Waals surface area contributed by atoms with Gasteiger partial charge in [0.2, 0.25) is 0 Å². The molecule has 2 rings (SSSR count). The van der Waals surface area contributed by atoms with Crippen LogP contribution in [0.25, 0.3) is 0 Å². The monoisotopic (exact) mass is 265 g/mol. The van der Waals surface area contributed by atoms with Gasteiger partial charge in [-0.1, -0.05) is 13.3 Å². The maximum Gasteiger partial charge on any atom is 0.141 e. The first-order valence-corrected chi connectivity index (χ1v) is 7.95. The number of aromatic nitrogens is 2. The van der Waals surface area contributed by atoms with Gasteiger partial charge < -0.3 is 5.32 Å². The van der Waals surface area contributed by atoms with E-state index >= 15 is 0 Å². The fraction of sp³-hybridized carbons (Fsp3) is 0.714. The zero-order chi connectivity index (χ0) is 13.0. The Morgan fingerprint density at radius 2 is 2.33 bits per heavy atom. The molecule has 2 unspecified atom stereocenters. The average molecular weight is 265 g/mol. The molecule has 0 bridgehead atoms. The lowest BCUT2D eigenvalue weighted by molar-refractivity contribution is 0.585. The van der Waals surface area contributed by atoms with Crippen molar-refractivity contribution < 1.29 is 0 Å². The summed E-state index contributed by atoms with van der Waals surface area (Å²) in [7, 11) is 0. The van der Waals surface area contributed by atoms with Gasteiger partial charge in [0.25, 0.3) is 0 Å². The van der Waals surface area contributed by atoms with Gasteiger partial charge in [0, 0.05) is 23.5 Å². The van der Waals surface area contributed by atoms with Crippen molar-refractivity contribution in [2.45, 2.75) is 51.3 Å². The van der Waals surface area contributed by atoms with Gasteiger partial charge in [0.15, 0.2) is 0 Å². The van der Waals surface area contributed by atoms with E-state index in [2.05, 4.69) is 31.1 Å². The molecule has 4 heteroatoms. The summed E-state index contributed by atoms with van der Waals surface area (Å²) < 4.78 is 0. The van der Waals surface area contributed by atoms with Crippen LogP contribution in [0.15, 0.2) is 6.20 Å². The predicted molar refractivity (Wildman–Crippen MR) is 77.9 cm³/mol. The van der Waals surface area contributed by atoms with Crippen LogP contribution in [0.1, 0.15) is 61.5 Å². The fourth-order valence-corrected chi connectivity index (χ4v) is 3.69. The molecule has 0 aromatic carbocycles. The number of hydrogen-bond acceptors (Lipinski definition) is 4. The maximum absolute atomic E-state index is 4.73. The van der Waals surface area contributed by atoms with Crippen LogP contribution in [-0.2, 0) is 0 Å². The van der Waals surface area contributed by atoms with Crippen LogP contribution in [0.5, 0.6) is 0 Å². The van der Waals surface area contributed by atoms with Gasteiger partial charge >= 0.3 is 0 Å². The van der Waals surface area contributed by atoms with Crippen LogP contribution in [0.4, 0.5) is 0 Å². The SMILES string of the molecule is CCNC(C)c1cnc(C2CCCCS2)nc1C. The largest absolute Gasteiger partial charge is 0.310 e. The van der Waals surface area contributed by atoms with E-state index in [0.717, 1.165) is 18.1 Å². The minimum absolute atomic E-state index is 0.336. The molecular weight excluding hydrogens is 242 g/mol. The molecule has 0 spiro atoms. The molecule has 1 aromatic heterocycles. The van der Waals surface area contributed by atoms with E-state index in [1.807, 2.05) is 18.0 Å². The Morgan fingerprint density at radius 3 is 2.94 bits per heavy atom. The van der Waals surface area contributed by atoms with Crippen LogP contribution < -0.4 is 5.32 Å². The molecule has 0 aliphatic carbocycles. The highest BCUT2D eigenvalue weighted by atomic mass is 32.2. The number of nitrogens with one attached hydrogen (secondary N) is 1. The molecule has 1 aromatic rings. The molecule has 2 atom stereocenters. The molecule has 1 fully saturated rings. The van der Waals surface area contributed by atoms with Gasteiger partial charge in [-0.2, -0.15) is 11.8 Å². The number of thioether (sulfide) groups is 1. The quantitative estimate of drug-likeness (QED) is 0.905. The van der Waals surface area contributed by atoms with Crippen molar-refractivity contribution in [3.05, 3.63) is 23.3 Å². The lowest BCUT2D eigenvalue weighted by atomic mass is 10.1. The Balaban J connectivity index is 2.13. The molecule has 1 N–H and O–H groups in total. The molecule has 1 saturated heterocycles. The fourth-order valence-electron chi connectivity index (χ4n) is 2.44. The van der Waals surface area contributed by atoms with Gasteiger partial charge in [-0.15, -0.1) is 0 Å². The van der Waals surface area contributed by atoms with Crippen molar-refractivity contribution in [1.82, 2.24) is 15.3 Å². The number of aryl methyl sites for hydroxylation is 1. The minimum Gasteiger partial charge on any atom is -0.310 e. The normalized spacial score (nSPS) is 21.8. The molecule has 0 amide bonds. The Labute approximate surface area is 114 Å². The lowest BCUT2D eigenvalue weighted by Crippen LogP contribution is -2.20. The molecule has 1 aliphatic heterocycles. The van der Waals surface area contributed by atoms with E-state index in [1.54, 1.807) is 0 Å². The highest BCUT2D eigenvalue weighted by Crippen LogP contribution is 2.36. The van der Waals surface area contributed by atoms with Crippen molar-refractivity contribution in [3.8, 4) is 0 Å². The first-order chi connectivity index (χ1) is 8.72. The van der Waals surface area contributed by atoms with E-state index in [-0.39, 0.29) is 0 Å². The van der Waals surface area contributed by atoms with Crippen LogP contribution >= 0.6 is 11.8 Å². The minimum atomic E-state index is 0.336. The summed E-state index contributed by atoms with van der Waals surface area (Å²) >= 11 is 2.01. The third-order valence-corrected chi connectivity index (χ3v) is 4.85. The van der Waals surface area contributed by atoms with Gasteiger partial charge in [0.1, 0.15) is 5.82 Å². The molecule has 0 radical (unpaired) electrons. The highest BCUT2D eigenvalue weighted by Gasteiger charge is 2.20. The first kappa shape index (κ1) is 13.8. The summed E-state index contributed by atoms with van der Waals surface area (Å²) in [6.07, 6.45) is 5.90. The summed E-state index contributed by atoms with van der Waals surface area (Å²) in [6.45, 7) is 7.37. The van der Waals surface area contributed by atoms with Crippen LogP contribution in [0.3, 0.4) is 0 Å². The van der Waals surface area contributed by atoms with Crippen molar-refractivity contribution in [1.29, 1.82) is 0 Å². The Bertz CT molecular complexity index is 389. The van der Waals surface area contributed by atoms with Gasteiger partial charge in [0.05, 0.1) is 5.25 Å². The Hall–Kier alpha value is -0.610. The molecule has 2 heterocycles. The van der Waals surface area contributed by atoms with E-state index in [9.17, 15) is 0 Å². The molecule has 18 heavy (non-hydrogen) atoms. The summed E-state index contributed by atoms with van der Waals surface area (Å²) in [5, 5.41) is 3.93. The van der Waals surface area contributed by atoms with Gasteiger partial charge in [-0.3, -0.25) is 0 Å². The number of hydrogen-bond donors (Lipinski definition) is 1. The second-order valence-corrected chi connectivity index (χ2v) is 6.21. The second kappa shape index (κ2) is 6.53. The standard InChI is InChI=1S/C14H23N3S/c1-4-15-10(2)12-9-16-14(17-11(12)3)13-7-5-6-8-18-13/h9-10,13,15H,4-8H2,1-3H3. The van der Waals surface area contributed by atoms with E-state index in [0.29, 0.717) is 11.3 Å². The van der Waals surface area contributed by atoms with E-state index in [4.69, 9.17) is 4.98 Å². The molecule has 3 nitrogen and oxygen atoms in total. The number of rotatable bonds is 4. The first-order valence-electron chi connectivity index (χ1n) is 6.90. The van der Waals surface area contributed by atoms with E-state index in [1.165, 1.54) is 30.6 Å². The van der Waals surface area contributed by atoms with Crippen molar-refractivity contribution in [3.63, 3.8) is 0 Å². The summed E-state index contributed by atoms with van der Waals surface area (Å²) in [4.78, 5) is 9.32. The molecule has 100 valence electrons. The molecule has 1 aliphatic rings. The summed E-state index contributed by atoms with van der Waals surface area (Å²) in [6, 6.07) is 0.336. The smallest absolute Gasteiger partial charge is 0.141 e. The lowest BCUT2D eigenvalue weighted by Gasteiger charge is -2.21. The Morgan fingerprint density at radius 1 is 1.50 bits per heavy atom. The van der Waals surface area contributed by atoms with E-state index < -0.39 is 0 Å². The van der Waals surface area contributed by atoms with Gasteiger partial charge in [-0.25, -0.2) is 9.97 Å². The third-order valence-electron chi connectivity index (χ3n) is 3.48. The second-order valence-electron chi connectivity index (χ2n) is 4.90. The molecule has 0 saturated carbocycles. The Kier molecular flexibility index (Phi) is 5.01. The number of nitrogens with zero attached hydrogens (tertiary/aromatic N) is 2. The van der Waals surface area contributed by atoms with Crippen molar-refractivity contribution in [2.24, 2.45) is 0 Å². The third kappa shape index (κ3) is 3.23.